The highest BCUT2D eigenvalue weighted by Crippen LogP contribution is 2.42. The number of nitrogens with one attached hydrogen (secondary N) is 2. The Morgan fingerprint density at radius 3 is 2.18 bits per heavy atom. The summed E-state index contributed by atoms with van der Waals surface area (Å²) in [6.07, 6.45) is -8.72. The Kier molecular flexibility index (Phi) is 6.17. The quantitative estimate of drug-likeness (QED) is 0.661. The Morgan fingerprint density at radius 1 is 0.970 bits per heavy atom. The van der Waals surface area contributed by atoms with Crippen molar-refractivity contribution in [3.05, 3.63) is 70.3 Å². The van der Waals surface area contributed by atoms with E-state index in [0.717, 1.165) is 11.1 Å². The molecular weight excluding hydrogens is 448 g/mol. The summed E-state index contributed by atoms with van der Waals surface area (Å²) < 4.78 is 79.1. The van der Waals surface area contributed by atoms with Gasteiger partial charge in [0.25, 0.3) is 0 Å². The molecule has 1 heterocycles. The van der Waals surface area contributed by atoms with E-state index in [1.165, 1.54) is 0 Å². The highest BCUT2D eigenvalue weighted by atomic mass is 19.4. The second-order valence-corrected chi connectivity index (χ2v) is 8.35. The van der Waals surface area contributed by atoms with E-state index in [1.807, 2.05) is 24.3 Å². The normalized spacial score (nSPS) is 21.6. The summed E-state index contributed by atoms with van der Waals surface area (Å²) in [4.78, 5) is 15.6. The molecule has 1 unspecified atom stereocenters. The topological polar surface area (TPSA) is 44.4 Å². The maximum atomic E-state index is 13.5. The van der Waals surface area contributed by atoms with E-state index < -0.39 is 41.5 Å². The summed E-state index contributed by atoms with van der Waals surface area (Å²) in [5, 5.41) is 5.87. The molecule has 33 heavy (non-hydrogen) atoms. The number of amides is 1. The minimum atomic E-state index is -4.94. The van der Waals surface area contributed by atoms with E-state index in [9.17, 15) is 31.1 Å². The zero-order valence-electron chi connectivity index (χ0n) is 17.6. The lowest BCUT2D eigenvalue weighted by Crippen LogP contribution is -2.60. The number of hydrogen-bond donors (Lipinski definition) is 2. The van der Waals surface area contributed by atoms with Crippen LogP contribution in [0.5, 0.6) is 0 Å². The van der Waals surface area contributed by atoms with Gasteiger partial charge in [0.2, 0.25) is 5.91 Å². The van der Waals surface area contributed by atoms with Crippen molar-refractivity contribution < 1.29 is 31.1 Å². The molecule has 2 aromatic rings. The van der Waals surface area contributed by atoms with Gasteiger partial charge in [0, 0.05) is 32.7 Å². The molecule has 10 heteroatoms. The fourth-order valence-electron chi connectivity index (χ4n) is 4.80. The molecule has 0 aromatic heterocycles. The lowest BCUT2D eigenvalue weighted by atomic mass is 9.87. The van der Waals surface area contributed by atoms with Crippen LogP contribution >= 0.6 is 0 Å². The Bertz CT molecular complexity index is 997. The van der Waals surface area contributed by atoms with Crippen LogP contribution in [0.3, 0.4) is 0 Å². The predicted octanol–water partition coefficient (Wildman–Crippen LogP) is 4.09. The third-order valence-electron chi connectivity index (χ3n) is 6.35. The number of carbonyl (C=O) groups excluding carboxylic acids is 1. The first-order chi connectivity index (χ1) is 15.5. The molecule has 2 aliphatic rings. The number of fused-ring (bicyclic) bond motifs is 1. The molecule has 178 valence electrons. The van der Waals surface area contributed by atoms with Crippen molar-refractivity contribution in [3.8, 4) is 0 Å². The van der Waals surface area contributed by atoms with E-state index in [1.54, 1.807) is 0 Å². The van der Waals surface area contributed by atoms with Gasteiger partial charge < -0.3 is 10.6 Å². The third-order valence-corrected chi connectivity index (χ3v) is 6.35. The van der Waals surface area contributed by atoms with Crippen molar-refractivity contribution in [2.45, 2.75) is 37.3 Å². The molecule has 1 aliphatic carbocycles. The molecule has 0 radical (unpaired) electrons. The van der Waals surface area contributed by atoms with E-state index in [0.29, 0.717) is 51.2 Å². The second-order valence-electron chi connectivity index (χ2n) is 8.35. The summed E-state index contributed by atoms with van der Waals surface area (Å²) >= 11 is 0. The summed E-state index contributed by atoms with van der Waals surface area (Å²) in [5.74, 6) is -0.416. The molecule has 2 N–H and O–H groups in total. The Balaban J connectivity index is 1.64. The highest BCUT2D eigenvalue weighted by Gasteiger charge is 2.49. The van der Waals surface area contributed by atoms with Crippen LogP contribution in [-0.4, -0.2) is 37.0 Å². The molecule has 0 bridgehead atoms. The van der Waals surface area contributed by atoms with Crippen LogP contribution in [0.2, 0.25) is 0 Å². The SMILES string of the molecule is O=C(NCc1cc(C(F)(F)F)cc(C(F)(F)F)c1)C1(N2CCNCC2)CCc2ccccc21. The van der Waals surface area contributed by atoms with Crippen molar-refractivity contribution in [1.29, 1.82) is 0 Å². The molecule has 1 amide bonds. The third kappa shape index (κ3) is 4.59. The molecule has 4 rings (SSSR count). The van der Waals surface area contributed by atoms with Crippen molar-refractivity contribution >= 4 is 5.91 Å². The van der Waals surface area contributed by atoms with Crippen LogP contribution in [-0.2, 0) is 35.7 Å². The zero-order valence-corrected chi connectivity index (χ0v) is 17.6. The Hall–Kier alpha value is -2.59. The first-order valence-corrected chi connectivity index (χ1v) is 10.6. The van der Waals surface area contributed by atoms with Gasteiger partial charge in [-0.1, -0.05) is 24.3 Å². The van der Waals surface area contributed by atoms with Crippen molar-refractivity contribution in [2.75, 3.05) is 26.2 Å². The molecule has 4 nitrogen and oxygen atoms in total. The number of benzene rings is 2. The lowest BCUT2D eigenvalue weighted by molar-refractivity contribution is -0.143. The average Bonchev–Trinajstić information content (AvgIpc) is 3.17. The van der Waals surface area contributed by atoms with Crippen LogP contribution in [0.25, 0.3) is 0 Å². The molecule has 0 saturated carbocycles. The van der Waals surface area contributed by atoms with Gasteiger partial charge >= 0.3 is 12.4 Å². The summed E-state index contributed by atoms with van der Waals surface area (Å²) in [6, 6.07) is 8.90. The summed E-state index contributed by atoms with van der Waals surface area (Å²) in [7, 11) is 0. The van der Waals surface area contributed by atoms with Crippen LogP contribution in [0, 0.1) is 0 Å². The van der Waals surface area contributed by atoms with Crippen LogP contribution in [0.4, 0.5) is 26.3 Å². The largest absolute Gasteiger partial charge is 0.416 e. The smallest absolute Gasteiger partial charge is 0.350 e. The van der Waals surface area contributed by atoms with E-state index >= 15 is 0 Å². The fraction of sp³-hybridized carbons (Fsp3) is 0.435. The summed E-state index contributed by atoms with van der Waals surface area (Å²) in [5.41, 5.74) is -2.21. The fourth-order valence-corrected chi connectivity index (χ4v) is 4.80. The minimum Gasteiger partial charge on any atom is -0.350 e. The number of aryl methyl sites for hydroxylation is 1. The first kappa shape index (κ1) is 23.6. The number of halogens is 6. The first-order valence-electron chi connectivity index (χ1n) is 10.6. The number of rotatable bonds is 4. The number of hydrogen-bond acceptors (Lipinski definition) is 3. The van der Waals surface area contributed by atoms with E-state index in [-0.39, 0.29) is 11.6 Å². The van der Waals surface area contributed by atoms with Gasteiger partial charge in [0.1, 0.15) is 5.54 Å². The Labute approximate surface area is 187 Å². The van der Waals surface area contributed by atoms with Crippen LogP contribution in [0.1, 0.15) is 34.2 Å². The number of alkyl halides is 6. The summed E-state index contributed by atoms with van der Waals surface area (Å²) in [6.45, 7) is 2.12. The monoisotopic (exact) mass is 471 g/mol. The number of carbonyl (C=O) groups is 1. The molecule has 1 saturated heterocycles. The molecule has 1 aliphatic heterocycles. The van der Waals surface area contributed by atoms with Crippen molar-refractivity contribution in [3.63, 3.8) is 0 Å². The van der Waals surface area contributed by atoms with E-state index in [4.69, 9.17) is 0 Å². The number of nitrogens with zero attached hydrogens (tertiary/aromatic N) is 1. The van der Waals surface area contributed by atoms with Crippen molar-refractivity contribution in [2.24, 2.45) is 0 Å². The average molecular weight is 471 g/mol. The van der Waals surface area contributed by atoms with Crippen LogP contribution < -0.4 is 10.6 Å². The van der Waals surface area contributed by atoms with Gasteiger partial charge in [-0.2, -0.15) is 26.3 Å². The highest BCUT2D eigenvalue weighted by molar-refractivity contribution is 5.89. The van der Waals surface area contributed by atoms with Gasteiger partial charge in [-0.25, -0.2) is 0 Å². The van der Waals surface area contributed by atoms with Crippen LogP contribution in [0.15, 0.2) is 42.5 Å². The maximum Gasteiger partial charge on any atom is 0.416 e. The van der Waals surface area contributed by atoms with E-state index in [2.05, 4.69) is 15.5 Å². The molecule has 1 fully saturated rings. The molecule has 1 atom stereocenters. The Morgan fingerprint density at radius 2 is 1.58 bits per heavy atom. The standard InChI is InChI=1S/C23H23F6N3O/c24-22(25,26)17-11-15(12-18(13-17)23(27,28)29)14-31-20(33)21(32-9-7-30-8-10-32)6-5-16-3-1-2-4-19(16)21/h1-4,11-13,30H,5-10,14H2,(H,31,33). The molecule has 2 aromatic carbocycles. The van der Waals surface area contributed by atoms with Gasteiger partial charge in [0.15, 0.2) is 0 Å². The maximum absolute atomic E-state index is 13.5. The predicted molar refractivity (Wildman–Crippen MR) is 109 cm³/mol. The zero-order chi connectivity index (χ0) is 23.9. The van der Waals surface area contributed by atoms with Gasteiger partial charge in [0.05, 0.1) is 11.1 Å². The van der Waals surface area contributed by atoms with Crippen molar-refractivity contribution in [1.82, 2.24) is 15.5 Å². The van der Waals surface area contributed by atoms with Gasteiger partial charge in [-0.3, -0.25) is 9.69 Å². The van der Waals surface area contributed by atoms with Gasteiger partial charge in [-0.15, -0.1) is 0 Å². The molecule has 0 spiro atoms. The molecular formula is C23H23F6N3O. The second kappa shape index (κ2) is 8.64. The van der Waals surface area contributed by atoms with Gasteiger partial charge in [-0.05, 0) is 47.7 Å². The number of piperazine rings is 1. The lowest BCUT2D eigenvalue weighted by Gasteiger charge is -2.43. The minimum absolute atomic E-state index is 0.0841.